The van der Waals surface area contributed by atoms with E-state index < -0.39 is 20.6 Å². The van der Waals surface area contributed by atoms with E-state index in [1.807, 2.05) is 0 Å². The van der Waals surface area contributed by atoms with E-state index in [-0.39, 0.29) is 43.4 Å². The number of rotatable bonds is 5. The SMILES string of the molecule is O=C(Cc1ccc2c(c1)OCCO2)N1CCN(S(=O)(=O)c2ccccc2[N+](=O)[O-])CC1. The number of amides is 1. The first-order valence-electron chi connectivity index (χ1n) is 9.76. The standard InChI is InChI=1S/C20H21N3O7S/c24-20(14-15-5-6-17-18(13-15)30-12-11-29-17)21-7-9-22(10-8-21)31(27,28)19-4-2-1-3-16(19)23(25)26/h1-6,13H,7-12,14H2. The number of piperazine rings is 1. The minimum absolute atomic E-state index is 0.0707. The summed E-state index contributed by atoms with van der Waals surface area (Å²) in [6, 6.07) is 10.6. The lowest BCUT2D eigenvalue weighted by Gasteiger charge is -2.34. The first-order chi connectivity index (χ1) is 14.9. The topological polar surface area (TPSA) is 119 Å². The lowest BCUT2D eigenvalue weighted by molar-refractivity contribution is -0.387. The van der Waals surface area contributed by atoms with Gasteiger partial charge in [-0.25, -0.2) is 8.42 Å². The summed E-state index contributed by atoms with van der Waals surface area (Å²) in [4.78, 5) is 24.5. The fraction of sp³-hybridized carbons (Fsp3) is 0.350. The second kappa shape index (κ2) is 8.52. The maximum absolute atomic E-state index is 12.9. The second-order valence-corrected chi connectivity index (χ2v) is 9.07. The Bertz CT molecular complexity index is 1110. The predicted molar refractivity (Wildman–Crippen MR) is 110 cm³/mol. The van der Waals surface area contributed by atoms with E-state index >= 15 is 0 Å². The summed E-state index contributed by atoms with van der Waals surface area (Å²) in [7, 11) is -4.03. The zero-order chi connectivity index (χ0) is 22.0. The van der Waals surface area contributed by atoms with E-state index in [2.05, 4.69) is 0 Å². The van der Waals surface area contributed by atoms with E-state index in [0.717, 1.165) is 5.56 Å². The van der Waals surface area contributed by atoms with Gasteiger partial charge in [-0.3, -0.25) is 14.9 Å². The van der Waals surface area contributed by atoms with Crippen LogP contribution in [0.4, 0.5) is 5.69 Å². The highest BCUT2D eigenvalue weighted by molar-refractivity contribution is 7.89. The Morgan fingerprint density at radius 3 is 2.39 bits per heavy atom. The molecule has 2 aliphatic rings. The molecule has 1 saturated heterocycles. The Morgan fingerprint density at radius 2 is 1.68 bits per heavy atom. The fourth-order valence-electron chi connectivity index (χ4n) is 3.63. The Kier molecular flexibility index (Phi) is 5.79. The van der Waals surface area contributed by atoms with Crippen molar-refractivity contribution in [1.29, 1.82) is 0 Å². The number of nitro benzene ring substituents is 1. The molecule has 0 bridgehead atoms. The number of ether oxygens (including phenoxy) is 2. The largest absolute Gasteiger partial charge is 0.486 e. The quantitative estimate of drug-likeness (QED) is 0.502. The van der Waals surface area contributed by atoms with Gasteiger partial charge in [0.15, 0.2) is 16.4 Å². The van der Waals surface area contributed by atoms with Crippen LogP contribution in [-0.4, -0.2) is 67.8 Å². The van der Waals surface area contributed by atoms with Crippen molar-refractivity contribution in [1.82, 2.24) is 9.21 Å². The number of hydrogen-bond donors (Lipinski definition) is 0. The first kappa shape index (κ1) is 21.1. The molecule has 0 spiro atoms. The summed E-state index contributed by atoms with van der Waals surface area (Å²) in [5.41, 5.74) is 0.323. The normalized spacial score (nSPS) is 16.7. The lowest BCUT2D eigenvalue weighted by atomic mass is 10.1. The van der Waals surface area contributed by atoms with Crippen LogP contribution in [0.1, 0.15) is 5.56 Å². The Labute approximate surface area is 179 Å². The van der Waals surface area contributed by atoms with Gasteiger partial charge < -0.3 is 14.4 Å². The molecule has 0 saturated carbocycles. The number of nitrogens with zero attached hydrogens (tertiary/aromatic N) is 3. The van der Waals surface area contributed by atoms with Gasteiger partial charge in [0.05, 0.1) is 11.3 Å². The van der Waals surface area contributed by atoms with E-state index in [1.54, 1.807) is 23.1 Å². The zero-order valence-corrected chi connectivity index (χ0v) is 17.4. The minimum atomic E-state index is -4.03. The van der Waals surface area contributed by atoms with Gasteiger partial charge in [-0.1, -0.05) is 18.2 Å². The Hall–Kier alpha value is -3.18. The van der Waals surface area contributed by atoms with Crippen molar-refractivity contribution in [2.45, 2.75) is 11.3 Å². The molecule has 2 aliphatic heterocycles. The van der Waals surface area contributed by atoms with Crippen LogP contribution < -0.4 is 9.47 Å². The molecule has 2 aromatic rings. The smallest absolute Gasteiger partial charge is 0.289 e. The van der Waals surface area contributed by atoms with E-state index in [0.29, 0.717) is 24.7 Å². The number of benzene rings is 2. The van der Waals surface area contributed by atoms with Crippen LogP contribution in [0.3, 0.4) is 0 Å². The second-order valence-electron chi connectivity index (χ2n) is 7.16. The third kappa shape index (κ3) is 4.32. The predicted octanol–water partition coefficient (Wildman–Crippen LogP) is 1.44. The van der Waals surface area contributed by atoms with Gasteiger partial charge in [0, 0.05) is 32.2 Å². The third-order valence-corrected chi connectivity index (χ3v) is 7.18. The highest BCUT2D eigenvalue weighted by Gasteiger charge is 2.34. The molecule has 31 heavy (non-hydrogen) atoms. The van der Waals surface area contributed by atoms with Crippen LogP contribution in [-0.2, 0) is 21.2 Å². The number of hydrogen-bond acceptors (Lipinski definition) is 7. The Balaban J connectivity index is 1.40. The molecule has 10 nitrogen and oxygen atoms in total. The molecule has 1 fully saturated rings. The molecular weight excluding hydrogens is 426 g/mol. The van der Waals surface area contributed by atoms with Gasteiger partial charge in [0.1, 0.15) is 13.2 Å². The van der Waals surface area contributed by atoms with Crippen molar-refractivity contribution < 1.29 is 27.6 Å². The number of fused-ring (bicyclic) bond motifs is 1. The summed E-state index contributed by atoms with van der Waals surface area (Å²) in [6.45, 7) is 1.51. The van der Waals surface area contributed by atoms with E-state index in [4.69, 9.17) is 9.47 Å². The van der Waals surface area contributed by atoms with Crippen LogP contribution in [0.2, 0.25) is 0 Å². The van der Waals surface area contributed by atoms with Crippen molar-refractivity contribution in [3.8, 4) is 11.5 Å². The molecule has 2 heterocycles. The number of carbonyl (C=O) groups excluding carboxylic acids is 1. The van der Waals surface area contributed by atoms with Crippen LogP contribution in [0.5, 0.6) is 11.5 Å². The van der Waals surface area contributed by atoms with Crippen molar-refractivity contribution >= 4 is 21.6 Å². The Morgan fingerprint density at radius 1 is 1.00 bits per heavy atom. The van der Waals surface area contributed by atoms with Crippen molar-refractivity contribution in [2.24, 2.45) is 0 Å². The molecular formula is C20H21N3O7S. The summed E-state index contributed by atoms with van der Waals surface area (Å²) in [5.74, 6) is 1.13. The molecule has 0 radical (unpaired) electrons. The van der Waals surface area contributed by atoms with Crippen LogP contribution in [0, 0.1) is 10.1 Å². The highest BCUT2D eigenvalue weighted by Crippen LogP contribution is 2.31. The molecule has 0 atom stereocenters. The summed E-state index contributed by atoms with van der Waals surface area (Å²) in [5, 5.41) is 11.2. The van der Waals surface area contributed by atoms with Gasteiger partial charge in [0.2, 0.25) is 15.9 Å². The molecule has 164 valence electrons. The maximum atomic E-state index is 12.9. The number of sulfonamides is 1. The molecule has 0 aromatic heterocycles. The minimum Gasteiger partial charge on any atom is -0.486 e. The maximum Gasteiger partial charge on any atom is 0.289 e. The first-order valence-corrected chi connectivity index (χ1v) is 11.2. The molecule has 2 aromatic carbocycles. The van der Waals surface area contributed by atoms with Crippen molar-refractivity contribution in [3.63, 3.8) is 0 Å². The van der Waals surface area contributed by atoms with Crippen LogP contribution >= 0.6 is 0 Å². The molecule has 1 amide bonds. The van der Waals surface area contributed by atoms with E-state index in [9.17, 15) is 23.3 Å². The summed E-state index contributed by atoms with van der Waals surface area (Å²) < 4.78 is 38.0. The number of nitro groups is 1. The highest BCUT2D eigenvalue weighted by atomic mass is 32.2. The molecule has 0 unspecified atom stereocenters. The van der Waals surface area contributed by atoms with Gasteiger partial charge in [-0.2, -0.15) is 4.31 Å². The molecule has 0 N–H and O–H groups in total. The molecule has 0 aliphatic carbocycles. The average molecular weight is 447 g/mol. The van der Waals surface area contributed by atoms with E-state index in [1.165, 1.54) is 28.6 Å². The summed E-state index contributed by atoms with van der Waals surface area (Å²) >= 11 is 0. The number of para-hydroxylation sites is 1. The van der Waals surface area contributed by atoms with Crippen LogP contribution in [0.25, 0.3) is 0 Å². The fourth-order valence-corrected chi connectivity index (χ4v) is 5.21. The summed E-state index contributed by atoms with van der Waals surface area (Å²) in [6.07, 6.45) is 0.160. The lowest BCUT2D eigenvalue weighted by Crippen LogP contribution is -2.50. The zero-order valence-electron chi connectivity index (χ0n) is 16.6. The molecule has 4 rings (SSSR count). The van der Waals surface area contributed by atoms with Crippen LogP contribution in [0.15, 0.2) is 47.4 Å². The monoisotopic (exact) mass is 447 g/mol. The molecule has 11 heteroatoms. The third-order valence-electron chi connectivity index (χ3n) is 5.23. The van der Waals surface area contributed by atoms with Crippen molar-refractivity contribution in [3.05, 3.63) is 58.1 Å². The average Bonchev–Trinajstić information content (AvgIpc) is 2.79. The van der Waals surface area contributed by atoms with Gasteiger partial charge in [0.25, 0.3) is 5.69 Å². The van der Waals surface area contributed by atoms with Gasteiger partial charge in [-0.15, -0.1) is 0 Å². The van der Waals surface area contributed by atoms with Crippen molar-refractivity contribution in [2.75, 3.05) is 39.4 Å². The van der Waals surface area contributed by atoms with Gasteiger partial charge >= 0.3 is 0 Å². The van der Waals surface area contributed by atoms with Gasteiger partial charge in [-0.05, 0) is 23.8 Å². The number of carbonyl (C=O) groups is 1.